The number of nitrogens with zero attached hydrogens (tertiary/aromatic N) is 2. The van der Waals surface area contributed by atoms with Crippen molar-refractivity contribution in [3.05, 3.63) is 51.0 Å². The van der Waals surface area contributed by atoms with Crippen molar-refractivity contribution in [1.29, 1.82) is 0 Å². The average Bonchev–Trinajstić information content (AvgIpc) is 2.90. The lowest BCUT2D eigenvalue weighted by Gasteiger charge is -2.50. The van der Waals surface area contributed by atoms with Gasteiger partial charge in [0.2, 0.25) is 5.78 Å². The summed E-state index contributed by atoms with van der Waals surface area (Å²) in [5.74, 6) is -8.71. The zero-order chi connectivity index (χ0) is 32.5. The van der Waals surface area contributed by atoms with Crippen LogP contribution in [0.4, 0.5) is 13.2 Å². The number of carbonyl (C=O) groups excluding carboxylic acids is 3. The van der Waals surface area contributed by atoms with Gasteiger partial charge in [-0.05, 0) is 81.9 Å². The van der Waals surface area contributed by atoms with E-state index in [2.05, 4.69) is 0 Å². The number of phenolic OH excluding ortho intramolecular Hbond substituents is 1. The lowest BCUT2D eigenvalue weighted by atomic mass is 9.58. The summed E-state index contributed by atoms with van der Waals surface area (Å²) in [7, 11) is 4.53. The Bertz CT molecular complexity index is 1480. The fraction of sp³-hybridized carbons (Fsp3) is 0.567. The molecule has 3 aliphatic carbocycles. The number of aromatic hydroxyl groups is 1. The van der Waals surface area contributed by atoms with Crippen LogP contribution in [-0.4, -0.2) is 100 Å². The number of phenols is 1. The number of hydrogen-bond acceptors (Lipinski definition) is 10. The van der Waals surface area contributed by atoms with Crippen molar-refractivity contribution in [2.45, 2.75) is 50.0 Å². The summed E-state index contributed by atoms with van der Waals surface area (Å²) in [4.78, 5) is 42.5. The highest BCUT2D eigenvalue weighted by Gasteiger charge is 2.63. The lowest BCUT2D eigenvalue weighted by Crippen LogP contribution is -2.63. The van der Waals surface area contributed by atoms with E-state index in [0.29, 0.717) is 25.6 Å². The summed E-state index contributed by atoms with van der Waals surface area (Å²) in [5.41, 5.74) is -1.36. The number of alkyl halides is 3. The summed E-state index contributed by atoms with van der Waals surface area (Å²) in [5, 5.41) is 44.9. The number of primary amides is 1. The number of nitrogens with two attached hydrogens (primary N) is 1. The summed E-state index contributed by atoms with van der Waals surface area (Å²) < 4.78 is 49.5. The number of Topliss-reactive ketones (excluding diaryl/α,β-unsaturated/α-hetero) is 2. The molecule has 1 saturated heterocycles. The highest BCUT2D eigenvalue weighted by atomic mass is 19.4. The number of piperidine rings is 1. The number of ketones is 2. The molecule has 0 aromatic heterocycles. The molecule has 44 heavy (non-hydrogen) atoms. The molecular formula is C30H36F3N3O8. The predicted octanol–water partition coefficient (Wildman–Crippen LogP) is 2.00. The molecule has 0 bridgehead atoms. The van der Waals surface area contributed by atoms with Crippen molar-refractivity contribution in [2.75, 3.05) is 40.9 Å². The normalized spacial score (nSPS) is 28.3. The van der Waals surface area contributed by atoms with Crippen LogP contribution in [0.2, 0.25) is 0 Å². The van der Waals surface area contributed by atoms with E-state index >= 15 is 0 Å². The summed E-state index contributed by atoms with van der Waals surface area (Å²) in [6.07, 6.45) is -4.18. The molecule has 1 aromatic carbocycles. The van der Waals surface area contributed by atoms with Crippen molar-refractivity contribution in [1.82, 2.24) is 9.80 Å². The molecule has 1 amide bonds. The van der Waals surface area contributed by atoms with Crippen LogP contribution in [-0.2, 0) is 33.5 Å². The first-order valence-corrected chi connectivity index (χ1v) is 14.3. The van der Waals surface area contributed by atoms with Crippen LogP contribution in [0.25, 0.3) is 0 Å². The Kier molecular flexibility index (Phi) is 8.10. The fourth-order valence-electron chi connectivity index (χ4n) is 7.66. The number of rotatable bonds is 6. The molecule has 4 aliphatic rings. The number of benzene rings is 1. The molecule has 1 heterocycles. The highest BCUT2D eigenvalue weighted by Crippen LogP contribution is 2.54. The maximum Gasteiger partial charge on any atom is 0.417 e. The Hall–Kier alpha value is -3.46. The SMILES string of the molecule is COCC1CCN(Cc2cc(O)c3c(c2C(F)(F)F)C[C@H]2C[C@H]4[C@H](N(C)C)C(O)=C(C(N)=O)C(=O)[C@@]4(O)C(O)=C2C3=O)CC1. The van der Waals surface area contributed by atoms with Gasteiger partial charge >= 0.3 is 6.18 Å². The topological polar surface area (TPSA) is 174 Å². The second-order valence-corrected chi connectivity index (χ2v) is 12.4. The Morgan fingerprint density at radius 3 is 2.36 bits per heavy atom. The number of methoxy groups -OCH3 is 1. The van der Waals surface area contributed by atoms with Gasteiger partial charge in [0.05, 0.1) is 17.2 Å². The number of fused-ring (bicyclic) bond motifs is 3. The molecule has 1 fully saturated rings. The van der Waals surface area contributed by atoms with Crippen LogP contribution in [0.1, 0.15) is 46.3 Å². The van der Waals surface area contributed by atoms with Crippen LogP contribution < -0.4 is 5.73 Å². The fourth-order valence-corrected chi connectivity index (χ4v) is 7.66. The number of hydrogen-bond donors (Lipinski definition) is 5. The van der Waals surface area contributed by atoms with Crippen LogP contribution >= 0.6 is 0 Å². The number of aliphatic hydroxyl groups is 3. The van der Waals surface area contributed by atoms with E-state index in [4.69, 9.17) is 10.5 Å². The van der Waals surface area contributed by atoms with E-state index in [-0.39, 0.29) is 18.5 Å². The smallest absolute Gasteiger partial charge is 0.417 e. The Balaban J connectivity index is 1.62. The molecule has 6 N–H and O–H groups in total. The monoisotopic (exact) mass is 623 g/mol. The number of amides is 1. The molecule has 5 rings (SSSR count). The second kappa shape index (κ2) is 11.2. The standard InChI is InChI=1S/C30H36F3N3O8/c1-35(2)23-17-9-14-8-16-20(24(38)19(14)26(40)29(17,43)27(41)21(25(23)39)28(34)42)18(37)10-15(22(16)30(31,32)33)11-36-6-4-13(5-7-36)12-44-3/h10,13-14,17,23,37,39-40,43H,4-9,11-12H2,1-3H3,(H2,34,42)/t14-,17-,23-,29-/m0/s1. The zero-order valence-corrected chi connectivity index (χ0v) is 24.6. The zero-order valence-electron chi connectivity index (χ0n) is 24.6. The molecule has 240 valence electrons. The molecule has 0 unspecified atom stereocenters. The van der Waals surface area contributed by atoms with Crippen molar-refractivity contribution in [3.63, 3.8) is 0 Å². The number of allylic oxidation sites excluding steroid dienone is 1. The Labute approximate surface area is 251 Å². The number of likely N-dealkylation sites (tertiary alicyclic amines) is 1. The first-order valence-electron chi connectivity index (χ1n) is 14.3. The van der Waals surface area contributed by atoms with Crippen LogP contribution in [0.3, 0.4) is 0 Å². The summed E-state index contributed by atoms with van der Waals surface area (Å²) in [6, 6.07) is -0.331. The third-order valence-electron chi connectivity index (χ3n) is 9.59. The number of likely N-dealkylation sites (N-methyl/N-ethyl adjacent to an activating group) is 1. The van der Waals surface area contributed by atoms with E-state index in [9.17, 15) is 48.0 Å². The third kappa shape index (κ3) is 4.88. The molecule has 0 saturated carbocycles. The minimum atomic E-state index is -4.90. The Morgan fingerprint density at radius 1 is 1.18 bits per heavy atom. The van der Waals surface area contributed by atoms with Gasteiger partial charge in [0.1, 0.15) is 22.8 Å². The van der Waals surface area contributed by atoms with Crippen molar-refractivity contribution in [3.8, 4) is 5.75 Å². The van der Waals surface area contributed by atoms with Crippen LogP contribution in [0.15, 0.2) is 28.7 Å². The van der Waals surface area contributed by atoms with Gasteiger partial charge in [-0.3, -0.25) is 24.2 Å². The molecular weight excluding hydrogens is 587 g/mol. The predicted molar refractivity (Wildman–Crippen MR) is 149 cm³/mol. The second-order valence-electron chi connectivity index (χ2n) is 12.4. The minimum absolute atomic E-state index is 0.115. The van der Waals surface area contributed by atoms with E-state index in [1.54, 1.807) is 7.11 Å². The van der Waals surface area contributed by atoms with E-state index in [1.807, 2.05) is 4.90 Å². The Morgan fingerprint density at radius 2 is 1.82 bits per heavy atom. The molecule has 11 nitrogen and oxygen atoms in total. The van der Waals surface area contributed by atoms with Gasteiger partial charge in [0.15, 0.2) is 11.4 Å². The molecule has 4 atom stereocenters. The first-order chi connectivity index (χ1) is 20.5. The quantitative estimate of drug-likeness (QED) is 0.295. The van der Waals surface area contributed by atoms with Crippen molar-refractivity contribution in [2.24, 2.45) is 23.5 Å². The minimum Gasteiger partial charge on any atom is -0.510 e. The van der Waals surface area contributed by atoms with Gasteiger partial charge in [-0.25, -0.2) is 0 Å². The number of carbonyl (C=O) groups is 3. The first kappa shape index (κ1) is 31.9. The van der Waals surface area contributed by atoms with E-state index in [1.165, 1.54) is 19.0 Å². The highest BCUT2D eigenvalue weighted by molar-refractivity contribution is 6.24. The summed E-state index contributed by atoms with van der Waals surface area (Å²) in [6.45, 7) is 1.49. The average molecular weight is 624 g/mol. The van der Waals surface area contributed by atoms with Gasteiger partial charge in [0, 0.05) is 31.8 Å². The lowest BCUT2D eigenvalue weighted by molar-refractivity contribution is -0.148. The van der Waals surface area contributed by atoms with Crippen LogP contribution in [0.5, 0.6) is 5.75 Å². The van der Waals surface area contributed by atoms with Gasteiger partial charge in [-0.1, -0.05) is 0 Å². The third-order valence-corrected chi connectivity index (χ3v) is 9.59. The maximum absolute atomic E-state index is 14.8. The molecule has 0 spiro atoms. The van der Waals surface area contributed by atoms with Crippen LogP contribution in [0, 0.1) is 17.8 Å². The largest absolute Gasteiger partial charge is 0.510 e. The van der Waals surface area contributed by atoms with Gasteiger partial charge in [0.25, 0.3) is 5.91 Å². The summed E-state index contributed by atoms with van der Waals surface area (Å²) >= 11 is 0. The van der Waals surface area contributed by atoms with Gasteiger partial charge in [-0.2, -0.15) is 13.2 Å². The molecule has 1 aliphatic heterocycles. The van der Waals surface area contributed by atoms with Crippen molar-refractivity contribution >= 4 is 17.5 Å². The van der Waals surface area contributed by atoms with Crippen molar-refractivity contribution < 1.29 is 52.7 Å². The molecule has 14 heteroatoms. The number of ether oxygens (including phenoxy) is 1. The molecule has 1 aromatic rings. The number of aliphatic hydroxyl groups excluding tert-OH is 2. The van der Waals surface area contributed by atoms with Gasteiger partial charge < -0.3 is 30.9 Å². The molecule has 0 radical (unpaired) electrons. The van der Waals surface area contributed by atoms with E-state index < -0.39 is 98.7 Å². The van der Waals surface area contributed by atoms with E-state index in [0.717, 1.165) is 18.9 Å². The van der Waals surface area contributed by atoms with Gasteiger partial charge in [-0.15, -0.1) is 0 Å². The maximum atomic E-state index is 14.8. The number of halogens is 3.